The molecule has 0 aromatic carbocycles. The molecule has 0 bridgehead atoms. The van der Waals surface area contributed by atoms with Crippen LogP contribution in [0.2, 0.25) is 0 Å². The predicted molar refractivity (Wildman–Crippen MR) is 48.9 cm³/mol. The molecule has 62 valence electrons. The third kappa shape index (κ3) is 3.16. The zero-order valence-corrected chi connectivity index (χ0v) is 8.56. The number of rotatable bonds is 3. The minimum Gasteiger partial charge on any atom is -0.271 e. The van der Waals surface area contributed by atoms with Crippen LogP contribution in [0.3, 0.4) is 0 Å². The van der Waals surface area contributed by atoms with Crippen molar-refractivity contribution < 1.29 is 4.21 Å². The maximum Gasteiger partial charge on any atom is 0.128 e. The Bertz CT molecular complexity index is 261. The second kappa shape index (κ2) is 4.01. The molecule has 0 aliphatic carbocycles. The van der Waals surface area contributed by atoms with Gasteiger partial charge in [0, 0.05) is 29.0 Å². The van der Waals surface area contributed by atoms with Crippen molar-refractivity contribution in [2.45, 2.75) is 6.54 Å². The van der Waals surface area contributed by atoms with Gasteiger partial charge in [-0.25, -0.2) is 0 Å². The summed E-state index contributed by atoms with van der Waals surface area (Å²) in [7, 11) is -0.733. The van der Waals surface area contributed by atoms with E-state index >= 15 is 0 Å². The number of aryl methyl sites for hydroxylation is 1. The van der Waals surface area contributed by atoms with Gasteiger partial charge in [-0.1, -0.05) is 0 Å². The van der Waals surface area contributed by atoms with Crippen molar-refractivity contribution >= 4 is 26.7 Å². The summed E-state index contributed by atoms with van der Waals surface area (Å²) >= 11 is 3.23. The van der Waals surface area contributed by atoms with Gasteiger partial charge in [-0.2, -0.15) is 5.10 Å². The van der Waals surface area contributed by atoms with E-state index in [0.29, 0.717) is 12.3 Å². The Morgan fingerprint density at radius 3 is 3.00 bits per heavy atom. The molecule has 1 aromatic rings. The Hall–Kier alpha value is -0.160. The Labute approximate surface area is 76.4 Å². The van der Waals surface area contributed by atoms with Gasteiger partial charge >= 0.3 is 0 Å². The summed E-state index contributed by atoms with van der Waals surface area (Å²) in [4.78, 5) is 0. The number of aromatic nitrogens is 2. The standard InChI is InChI=1S/C6H9BrN2OS/c1-11(10)5-4-9-3-2-6(7)8-9/h2-3H,4-5H2,1H3. The Kier molecular flexibility index (Phi) is 3.26. The fourth-order valence-electron chi connectivity index (χ4n) is 0.684. The Morgan fingerprint density at radius 2 is 2.55 bits per heavy atom. The molecular formula is C6H9BrN2OS. The largest absolute Gasteiger partial charge is 0.271 e. The summed E-state index contributed by atoms with van der Waals surface area (Å²) in [5, 5.41) is 4.08. The lowest BCUT2D eigenvalue weighted by Crippen LogP contribution is -2.06. The highest BCUT2D eigenvalue weighted by Gasteiger charge is 1.95. The van der Waals surface area contributed by atoms with Crippen LogP contribution in [-0.4, -0.2) is 26.0 Å². The highest BCUT2D eigenvalue weighted by molar-refractivity contribution is 9.10. The molecule has 11 heavy (non-hydrogen) atoms. The number of halogens is 1. The molecule has 5 heteroatoms. The van der Waals surface area contributed by atoms with Crippen molar-refractivity contribution in [2.24, 2.45) is 0 Å². The van der Waals surface area contributed by atoms with Crippen molar-refractivity contribution in [3.05, 3.63) is 16.9 Å². The Balaban J connectivity index is 2.45. The molecule has 0 fully saturated rings. The first kappa shape index (κ1) is 8.93. The Morgan fingerprint density at radius 1 is 1.82 bits per heavy atom. The topological polar surface area (TPSA) is 34.9 Å². The monoisotopic (exact) mass is 236 g/mol. The van der Waals surface area contributed by atoms with E-state index in [1.54, 1.807) is 10.9 Å². The average molecular weight is 237 g/mol. The smallest absolute Gasteiger partial charge is 0.128 e. The molecular weight excluding hydrogens is 228 g/mol. The van der Waals surface area contributed by atoms with E-state index in [4.69, 9.17) is 0 Å². The van der Waals surface area contributed by atoms with E-state index in [2.05, 4.69) is 21.0 Å². The first-order chi connectivity index (χ1) is 5.18. The minimum absolute atomic E-state index is 0.661. The van der Waals surface area contributed by atoms with Crippen LogP contribution < -0.4 is 0 Å². The molecule has 1 aromatic heterocycles. The van der Waals surface area contributed by atoms with Gasteiger partial charge in [0.2, 0.25) is 0 Å². The SMILES string of the molecule is CS(=O)CCn1ccc(Br)n1. The van der Waals surface area contributed by atoms with Gasteiger partial charge in [0.15, 0.2) is 0 Å². The van der Waals surface area contributed by atoms with Crippen LogP contribution in [0.25, 0.3) is 0 Å². The van der Waals surface area contributed by atoms with Crippen molar-refractivity contribution in [1.82, 2.24) is 9.78 Å². The zero-order chi connectivity index (χ0) is 8.27. The molecule has 1 heterocycles. The maximum atomic E-state index is 10.7. The lowest BCUT2D eigenvalue weighted by Gasteiger charge is -1.96. The van der Waals surface area contributed by atoms with Crippen molar-refractivity contribution in [3.8, 4) is 0 Å². The van der Waals surface area contributed by atoms with E-state index in [9.17, 15) is 4.21 Å². The molecule has 0 aliphatic rings. The summed E-state index contributed by atoms with van der Waals surface area (Å²) in [5.74, 6) is 0.661. The van der Waals surface area contributed by atoms with Gasteiger partial charge in [-0.05, 0) is 22.0 Å². The highest BCUT2D eigenvalue weighted by atomic mass is 79.9. The average Bonchev–Trinajstić information content (AvgIpc) is 2.31. The fraction of sp³-hybridized carbons (Fsp3) is 0.500. The van der Waals surface area contributed by atoms with Crippen molar-refractivity contribution in [1.29, 1.82) is 0 Å². The van der Waals surface area contributed by atoms with Crippen LogP contribution in [-0.2, 0) is 17.3 Å². The summed E-state index contributed by atoms with van der Waals surface area (Å²) < 4.78 is 13.3. The molecule has 1 atom stereocenters. The number of hydrogen-bond donors (Lipinski definition) is 0. The molecule has 0 saturated heterocycles. The van der Waals surface area contributed by atoms with Gasteiger partial charge < -0.3 is 0 Å². The summed E-state index contributed by atoms with van der Waals surface area (Å²) in [6.07, 6.45) is 3.55. The minimum atomic E-state index is -0.733. The van der Waals surface area contributed by atoms with E-state index < -0.39 is 10.8 Å². The predicted octanol–water partition coefficient (Wildman–Crippen LogP) is 1.02. The first-order valence-corrected chi connectivity index (χ1v) is 5.69. The fourth-order valence-corrected chi connectivity index (χ4v) is 1.45. The van der Waals surface area contributed by atoms with Crippen LogP contribution in [0, 0.1) is 0 Å². The molecule has 0 saturated carbocycles. The van der Waals surface area contributed by atoms with Crippen LogP contribution in [0.1, 0.15) is 0 Å². The number of nitrogens with zero attached hydrogens (tertiary/aromatic N) is 2. The molecule has 0 spiro atoms. The molecule has 0 aliphatic heterocycles. The molecule has 0 radical (unpaired) electrons. The summed E-state index contributed by atoms with van der Waals surface area (Å²) in [6.45, 7) is 0.717. The van der Waals surface area contributed by atoms with E-state index in [-0.39, 0.29) is 0 Å². The molecule has 0 N–H and O–H groups in total. The van der Waals surface area contributed by atoms with E-state index in [0.717, 1.165) is 4.60 Å². The summed E-state index contributed by atoms with van der Waals surface area (Å²) in [6, 6.07) is 1.86. The molecule has 1 rings (SSSR count). The van der Waals surface area contributed by atoms with Gasteiger partial charge in [0.25, 0.3) is 0 Å². The lowest BCUT2D eigenvalue weighted by molar-refractivity contribution is 0.643. The van der Waals surface area contributed by atoms with E-state index in [1.807, 2.05) is 12.3 Å². The molecule has 3 nitrogen and oxygen atoms in total. The number of hydrogen-bond acceptors (Lipinski definition) is 2. The maximum absolute atomic E-state index is 10.7. The van der Waals surface area contributed by atoms with Gasteiger partial charge in [0.1, 0.15) is 4.60 Å². The second-order valence-electron chi connectivity index (χ2n) is 2.18. The van der Waals surface area contributed by atoms with Crippen LogP contribution >= 0.6 is 15.9 Å². The lowest BCUT2D eigenvalue weighted by atomic mass is 10.7. The van der Waals surface area contributed by atoms with Crippen molar-refractivity contribution in [3.63, 3.8) is 0 Å². The van der Waals surface area contributed by atoms with Gasteiger partial charge in [-0.3, -0.25) is 8.89 Å². The second-order valence-corrected chi connectivity index (χ2v) is 4.55. The highest BCUT2D eigenvalue weighted by Crippen LogP contribution is 2.03. The third-order valence-electron chi connectivity index (χ3n) is 1.22. The van der Waals surface area contributed by atoms with Gasteiger partial charge in [0.05, 0.1) is 6.54 Å². The van der Waals surface area contributed by atoms with E-state index in [1.165, 1.54) is 0 Å². The van der Waals surface area contributed by atoms with Gasteiger partial charge in [-0.15, -0.1) is 0 Å². The molecule has 0 amide bonds. The molecule has 1 unspecified atom stereocenters. The van der Waals surface area contributed by atoms with Crippen LogP contribution in [0.15, 0.2) is 16.9 Å². The van der Waals surface area contributed by atoms with Crippen LogP contribution in [0.4, 0.5) is 0 Å². The summed E-state index contributed by atoms with van der Waals surface area (Å²) in [5.41, 5.74) is 0. The zero-order valence-electron chi connectivity index (χ0n) is 6.16. The first-order valence-electron chi connectivity index (χ1n) is 3.17. The third-order valence-corrected chi connectivity index (χ3v) is 2.40. The van der Waals surface area contributed by atoms with Crippen molar-refractivity contribution in [2.75, 3.05) is 12.0 Å². The quantitative estimate of drug-likeness (QED) is 0.786. The van der Waals surface area contributed by atoms with Crippen LogP contribution in [0.5, 0.6) is 0 Å². The normalized spacial score (nSPS) is 13.3.